The number of hydrogen-bond acceptors (Lipinski definition) is 3. The molecule has 1 aromatic heterocycles. The van der Waals surface area contributed by atoms with Gasteiger partial charge in [-0.15, -0.1) is 0 Å². The Kier molecular flexibility index (Phi) is 5.47. The number of halogens is 2. The number of nitrogens with zero attached hydrogens (tertiary/aromatic N) is 3. The van der Waals surface area contributed by atoms with E-state index in [-0.39, 0.29) is 11.9 Å². The minimum absolute atomic E-state index is 0.116. The number of rotatable bonds is 6. The molecule has 108 valence electrons. The van der Waals surface area contributed by atoms with Gasteiger partial charge in [-0.25, -0.2) is 9.37 Å². The molecule has 20 heavy (non-hydrogen) atoms. The average Bonchev–Trinajstić information content (AvgIpc) is 2.80. The fourth-order valence-electron chi connectivity index (χ4n) is 2.08. The normalized spacial score (nSPS) is 12.6. The molecular weight excluding hydrogens is 370 g/mol. The van der Waals surface area contributed by atoms with Gasteiger partial charge < -0.3 is 5.32 Å². The summed E-state index contributed by atoms with van der Waals surface area (Å²) in [5, 5.41) is 7.60. The van der Waals surface area contributed by atoms with Gasteiger partial charge in [0.2, 0.25) is 0 Å². The smallest absolute Gasteiger partial charge is 0.138 e. The lowest BCUT2D eigenvalue weighted by molar-refractivity contribution is 0.503. The first-order valence-electron chi connectivity index (χ1n) is 6.63. The van der Waals surface area contributed by atoms with E-state index in [1.807, 2.05) is 13.1 Å². The molecule has 6 heteroatoms. The molecular formula is C14H18FIN4. The summed E-state index contributed by atoms with van der Waals surface area (Å²) in [5.74, 6) is 0.713. The molecule has 1 heterocycles. The van der Waals surface area contributed by atoms with Crippen LogP contribution in [-0.4, -0.2) is 21.3 Å². The molecule has 1 aromatic carbocycles. The maximum absolute atomic E-state index is 13.3. The summed E-state index contributed by atoms with van der Waals surface area (Å²) in [7, 11) is 1.88. The Morgan fingerprint density at radius 3 is 2.85 bits per heavy atom. The molecule has 0 fully saturated rings. The number of hydrogen-bond donors (Lipinski definition) is 1. The van der Waals surface area contributed by atoms with Crippen molar-refractivity contribution in [2.45, 2.75) is 25.8 Å². The van der Waals surface area contributed by atoms with Crippen LogP contribution in [0.5, 0.6) is 0 Å². The van der Waals surface area contributed by atoms with Gasteiger partial charge in [0.05, 0.1) is 0 Å². The van der Waals surface area contributed by atoms with Crippen LogP contribution < -0.4 is 5.32 Å². The van der Waals surface area contributed by atoms with Crippen molar-refractivity contribution in [1.82, 2.24) is 20.1 Å². The van der Waals surface area contributed by atoms with Crippen molar-refractivity contribution in [3.05, 3.63) is 45.3 Å². The van der Waals surface area contributed by atoms with Crippen molar-refractivity contribution in [1.29, 1.82) is 0 Å². The van der Waals surface area contributed by atoms with Gasteiger partial charge in [0, 0.05) is 23.1 Å². The minimum Gasteiger partial charge on any atom is -0.310 e. The highest BCUT2D eigenvalue weighted by Crippen LogP contribution is 2.23. The topological polar surface area (TPSA) is 42.7 Å². The molecule has 0 radical (unpaired) electrons. The van der Waals surface area contributed by atoms with Crippen LogP contribution in [0.1, 0.15) is 30.8 Å². The van der Waals surface area contributed by atoms with Crippen LogP contribution in [0.3, 0.4) is 0 Å². The van der Waals surface area contributed by atoms with Gasteiger partial charge in [-0.05, 0) is 53.3 Å². The summed E-state index contributed by atoms with van der Waals surface area (Å²) >= 11 is 2.18. The Labute approximate surface area is 131 Å². The Morgan fingerprint density at radius 2 is 2.25 bits per heavy atom. The predicted octanol–water partition coefficient (Wildman–Crippen LogP) is 2.84. The number of aromatic nitrogens is 3. The molecule has 0 aliphatic heterocycles. The van der Waals surface area contributed by atoms with Gasteiger partial charge >= 0.3 is 0 Å². The summed E-state index contributed by atoms with van der Waals surface area (Å²) in [6, 6.07) is 5.04. The van der Waals surface area contributed by atoms with Crippen molar-refractivity contribution in [3.8, 4) is 0 Å². The monoisotopic (exact) mass is 388 g/mol. The van der Waals surface area contributed by atoms with E-state index in [0.717, 1.165) is 34.3 Å². The van der Waals surface area contributed by atoms with Crippen LogP contribution in [0.2, 0.25) is 0 Å². The Morgan fingerprint density at radius 1 is 1.45 bits per heavy atom. The molecule has 0 saturated heterocycles. The molecule has 0 spiro atoms. The van der Waals surface area contributed by atoms with Crippen molar-refractivity contribution in [2.24, 2.45) is 7.05 Å². The number of nitrogens with one attached hydrogen (secondary N) is 1. The van der Waals surface area contributed by atoms with Gasteiger partial charge in [0.25, 0.3) is 0 Å². The fraction of sp³-hybridized carbons (Fsp3) is 0.429. The summed E-state index contributed by atoms with van der Waals surface area (Å²) in [6.45, 7) is 3.04. The summed E-state index contributed by atoms with van der Waals surface area (Å²) in [6.07, 6.45) is 3.34. The lowest BCUT2D eigenvalue weighted by Gasteiger charge is -2.20. The maximum Gasteiger partial charge on any atom is 0.138 e. The van der Waals surface area contributed by atoms with E-state index in [4.69, 9.17) is 0 Å². The predicted molar refractivity (Wildman–Crippen MR) is 84.9 cm³/mol. The molecule has 2 aromatic rings. The zero-order valence-corrected chi connectivity index (χ0v) is 13.8. The number of benzene rings is 1. The SMILES string of the molecule is CCCNC(Cc1ncnn1C)c1ccc(F)cc1I. The van der Waals surface area contributed by atoms with Gasteiger partial charge in [-0.2, -0.15) is 5.10 Å². The first-order chi connectivity index (χ1) is 9.61. The van der Waals surface area contributed by atoms with Gasteiger partial charge in [-0.1, -0.05) is 13.0 Å². The van der Waals surface area contributed by atoms with E-state index < -0.39 is 0 Å². The molecule has 1 unspecified atom stereocenters. The maximum atomic E-state index is 13.3. The van der Waals surface area contributed by atoms with E-state index in [1.165, 1.54) is 6.07 Å². The Balaban J connectivity index is 2.24. The zero-order chi connectivity index (χ0) is 14.5. The molecule has 0 bridgehead atoms. The van der Waals surface area contributed by atoms with E-state index in [2.05, 4.69) is 44.9 Å². The van der Waals surface area contributed by atoms with Gasteiger partial charge in [-0.3, -0.25) is 4.68 Å². The van der Waals surface area contributed by atoms with Crippen molar-refractivity contribution < 1.29 is 4.39 Å². The van der Waals surface area contributed by atoms with E-state index in [0.29, 0.717) is 0 Å². The highest BCUT2D eigenvalue weighted by atomic mass is 127. The van der Waals surface area contributed by atoms with Crippen LogP contribution in [-0.2, 0) is 13.5 Å². The summed E-state index contributed by atoms with van der Waals surface area (Å²) < 4.78 is 16.0. The highest BCUT2D eigenvalue weighted by molar-refractivity contribution is 14.1. The van der Waals surface area contributed by atoms with Crippen LogP contribution >= 0.6 is 22.6 Å². The molecule has 0 amide bonds. The molecule has 0 aliphatic carbocycles. The third kappa shape index (κ3) is 3.76. The molecule has 1 N–H and O–H groups in total. The third-order valence-electron chi connectivity index (χ3n) is 3.17. The van der Waals surface area contributed by atoms with Crippen LogP contribution in [0.25, 0.3) is 0 Å². The molecule has 0 saturated carbocycles. The quantitative estimate of drug-likeness (QED) is 0.775. The summed E-state index contributed by atoms with van der Waals surface area (Å²) in [5.41, 5.74) is 1.10. The highest BCUT2D eigenvalue weighted by Gasteiger charge is 2.17. The first-order valence-corrected chi connectivity index (χ1v) is 7.71. The van der Waals surface area contributed by atoms with Crippen LogP contribution in [0.15, 0.2) is 24.5 Å². The van der Waals surface area contributed by atoms with E-state index >= 15 is 0 Å². The molecule has 1 atom stereocenters. The summed E-state index contributed by atoms with van der Waals surface area (Å²) in [4.78, 5) is 4.27. The van der Waals surface area contributed by atoms with Gasteiger partial charge in [0.15, 0.2) is 0 Å². The Hall–Kier alpha value is -1.02. The van der Waals surface area contributed by atoms with E-state index in [1.54, 1.807) is 17.1 Å². The van der Waals surface area contributed by atoms with Gasteiger partial charge in [0.1, 0.15) is 18.0 Å². The molecule has 0 aliphatic rings. The first kappa shape index (κ1) is 15.4. The van der Waals surface area contributed by atoms with Crippen molar-refractivity contribution in [3.63, 3.8) is 0 Å². The molecule has 4 nitrogen and oxygen atoms in total. The Bertz CT molecular complexity index is 570. The fourth-order valence-corrected chi connectivity index (χ4v) is 2.94. The van der Waals surface area contributed by atoms with Crippen LogP contribution in [0.4, 0.5) is 4.39 Å². The zero-order valence-electron chi connectivity index (χ0n) is 11.6. The number of aryl methyl sites for hydroxylation is 1. The standard InChI is InChI=1S/C14H18FIN4/c1-3-6-17-13(8-14-18-9-19-20(14)2)11-5-4-10(15)7-12(11)16/h4-5,7,9,13,17H,3,6,8H2,1-2H3. The third-order valence-corrected chi connectivity index (χ3v) is 4.10. The van der Waals surface area contributed by atoms with Crippen LogP contribution in [0, 0.1) is 9.39 Å². The lowest BCUT2D eigenvalue weighted by atomic mass is 10.0. The lowest BCUT2D eigenvalue weighted by Crippen LogP contribution is -2.26. The van der Waals surface area contributed by atoms with E-state index in [9.17, 15) is 4.39 Å². The second kappa shape index (κ2) is 7.12. The molecule has 2 rings (SSSR count). The minimum atomic E-state index is -0.203. The second-order valence-corrected chi connectivity index (χ2v) is 5.84. The van der Waals surface area contributed by atoms with Crippen molar-refractivity contribution >= 4 is 22.6 Å². The average molecular weight is 388 g/mol. The second-order valence-electron chi connectivity index (χ2n) is 4.68. The van der Waals surface area contributed by atoms with Crippen molar-refractivity contribution in [2.75, 3.05) is 6.54 Å². The largest absolute Gasteiger partial charge is 0.310 e.